The Labute approximate surface area is 91.1 Å². The van der Waals surface area contributed by atoms with Crippen molar-refractivity contribution in [3.8, 4) is 0 Å². The van der Waals surface area contributed by atoms with E-state index >= 15 is 0 Å². The van der Waals surface area contributed by atoms with E-state index < -0.39 is 0 Å². The molecule has 15 heavy (non-hydrogen) atoms. The number of rotatable bonds is 3. The zero-order chi connectivity index (χ0) is 10.5. The Morgan fingerprint density at radius 3 is 2.73 bits per heavy atom. The molecule has 1 saturated carbocycles. The molecular weight excluding hydrogens is 186 g/mol. The quantitative estimate of drug-likeness (QED) is 0.785. The maximum absolute atomic E-state index is 6.07. The number of nitrogens with one attached hydrogen (secondary N) is 1. The summed E-state index contributed by atoms with van der Waals surface area (Å²) in [6.45, 7) is 0.904. The van der Waals surface area contributed by atoms with E-state index in [1.807, 2.05) is 24.5 Å². The fraction of sp³-hybridized carbons (Fsp3) is 0.583. The predicted octanol–water partition coefficient (Wildman–Crippen LogP) is 1.44. The average molecular weight is 205 g/mol. The van der Waals surface area contributed by atoms with Crippen LogP contribution in [0.15, 0.2) is 24.5 Å². The standard InChI is InChI=1S/C12H19N3/c13-11-3-1-2-4-12(11)15-9-10-5-7-14-8-6-10/h5-8,11-12,15H,1-4,9,13H2/t11-,12+/m1/s1. The molecule has 0 saturated heterocycles. The largest absolute Gasteiger partial charge is 0.326 e. The van der Waals surface area contributed by atoms with E-state index in [9.17, 15) is 0 Å². The van der Waals surface area contributed by atoms with E-state index in [1.165, 1.54) is 24.8 Å². The van der Waals surface area contributed by atoms with E-state index in [1.54, 1.807) is 0 Å². The van der Waals surface area contributed by atoms with Crippen molar-refractivity contribution in [1.29, 1.82) is 0 Å². The molecule has 1 aromatic rings. The molecule has 1 aliphatic rings. The maximum Gasteiger partial charge on any atom is 0.0271 e. The van der Waals surface area contributed by atoms with Crippen molar-refractivity contribution in [3.05, 3.63) is 30.1 Å². The molecule has 0 radical (unpaired) electrons. The minimum Gasteiger partial charge on any atom is -0.326 e. The molecule has 1 aromatic heterocycles. The highest BCUT2D eigenvalue weighted by atomic mass is 15.0. The first kappa shape index (κ1) is 10.6. The summed E-state index contributed by atoms with van der Waals surface area (Å²) in [5.74, 6) is 0. The molecule has 2 atom stereocenters. The third-order valence-corrected chi connectivity index (χ3v) is 3.14. The lowest BCUT2D eigenvalue weighted by Gasteiger charge is -2.29. The van der Waals surface area contributed by atoms with Crippen LogP contribution in [0.2, 0.25) is 0 Å². The molecule has 0 unspecified atom stereocenters. The third kappa shape index (κ3) is 3.01. The summed E-state index contributed by atoms with van der Waals surface area (Å²) in [6.07, 6.45) is 8.63. The average Bonchev–Trinajstić information content (AvgIpc) is 2.29. The number of nitrogens with two attached hydrogens (primary N) is 1. The molecule has 0 aliphatic heterocycles. The first-order valence-electron chi connectivity index (χ1n) is 5.74. The summed E-state index contributed by atoms with van der Waals surface area (Å²) < 4.78 is 0. The molecule has 82 valence electrons. The highest BCUT2D eigenvalue weighted by Gasteiger charge is 2.20. The molecule has 1 fully saturated rings. The summed E-state index contributed by atoms with van der Waals surface area (Å²) in [7, 11) is 0. The fourth-order valence-corrected chi connectivity index (χ4v) is 2.16. The van der Waals surface area contributed by atoms with Crippen molar-refractivity contribution in [1.82, 2.24) is 10.3 Å². The maximum atomic E-state index is 6.07. The molecule has 1 heterocycles. The van der Waals surface area contributed by atoms with Gasteiger partial charge in [0, 0.05) is 31.0 Å². The van der Waals surface area contributed by atoms with Gasteiger partial charge in [-0.05, 0) is 30.5 Å². The lowest BCUT2D eigenvalue weighted by Crippen LogP contribution is -2.46. The predicted molar refractivity (Wildman–Crippen MR) is 61.3 cm³/mol. The van der Waals surface area contributed by atoms with Crippen molar-refractivity contribution in [2.24, 2.45) is 5.73 Å². The van der Waals surface area contributed by atoms with Crippen LogP contribution in [0.3, 0.4) is 0 Å². The number of nitrogens with zero attached hydrogens (tertiary/aromatic N) is 1. The van der Waals surface area contributed by atoms with Gasteiger partial charge < -0.3 is 11.1 Å². The monoisotopic (exact) mass is 205 g/mol. The Hall–Kier alpha value is -0.930. The van der Waals surface area contributed by atoms with Crippen LogP contribution in [0.4, 0.5) is 0 Å². The number of aromatic nitrogens is 1. The lowest BCUT2D eigenvalue weighted by molar-refractivity contribution is 0.326. The highest BCUT2D eigenvalue weighted by Crippen LogP contribution is 2.17. The Morgan fingerprint density at radius 1 is 1.27 bits per heavy atom. The molecule has 0 spiro atoms. The van der Waals surface area contributed by atoms with Crippen LogP contribution in [0.5, 0.6) is 0 Å². The first-order valence-corrected chi connectivity index (χ1v) is 5.74. The van der Waals surface area contributed by atoms with Gasteiger partial charge in [-0.25, -0.2) is 0 Å². The van der Waals surface area contributed by atoms with E-state index in [0.717, 1.165) is 13.0 Å². The van der Waals surface area contributed by atoms with Gasteiger partial charge in [0.15, 0.2) is 0 Å². The Morgan fingerprint density at radius 2 is 2.00 bits per heavy atom. The van der Waals surface area contributed by atoms with Crippen LogP contribution in [-0.4, -0.2) is 17.1 Å². The van der Waals surface area contributed by atoms with Gasteiger partial charge in [-0.1, -0.05) is 12.8 Å². The Kier molecular flexibility index (Phi) is 3.69. The van der Waals surface area contributed by atoms with Gasteiger partial charge in [0.2, 0.25) is 0 Å². The van der Waals surface area contributed by atoms with Gasteiger partial charge in [-0.3, -0.25) is 4.98 Å². The molecular formula is C12H19N3. The van der Waals surface area contributed by atoms with Crippen LogP contribution >= 0.6 is 0 Å². The number of pyridine rings is 1. The van der Waals surface area contributed by atoms with Crippen LogP contribution in [0.25, 0.3) is 0 Å². The van der Waals surface area contributed by atoms with Crippen molar-refractivity contribution < 1.29 is 0 Å². The van der Waals surface area contributed by atoms with E-state index in [-0.39, 0.29) is 0 Å². The van der Waals surface area contributed by atoms with Gasteiger partial charge >= 0.3 is 0 Å². The minimum absolute atomic E-state index is 0.334. The second kappa shape index (κ2) is 5.24. The van der Waals surface area contributed by atoms with Gasteiger partial charge in [0.25, 0.3) is 0 Å². The summed E-state index contributed by atoms with van der Waals surface area (Å²) in [6, 6.07) is 4.91. The fourth-order valence-electron chi connectivity index (χ4n) is 2.16. The molecule has 3 heteroatoms. The zero-order valence-corrected chi connectivity index (χ0v) is 9.02. The second-order valence-electron chi connectivity index (χ2n) is 4.29. The Bertz CT molecular complexity index is 286. The van der Waals surface area contributed by atoms with Crippen molar-refractivity contribution in [3.63, 3.8) is 0 Å². The van der Waals surface area contributed by atoms with Crippen molar-refractivity contribution >= 4 is 0 Å². The number of hydrogen-bond donors (Lipinski definition) is 2. The summed E-state index contributed by atoms with van der Waals surface area (Å²) in [5, 5.41) is 3.53. The summed E-state index contributed by atoms with van der Waals surface area (Å²) in [5.41, 5.74) is 7.35. The van der Waals surface area contributed by atoms with Crippen LogP contribution in [0.1, 0.15) is 31.2 Å². The normalized spacial score (nSPS) is 26.5. The Balaban J connectivity index is 1.82. The molecule has 0 bridgehead atoms. The molecule has 3 nitrogen and oxygen atoms in total. The summed E-state index contributed by atoms with van der Waals surface area (Å²) in [4.78, 5) is 4.00. The third-order valence-electron chi connectivity index (χ3n) is 3.14. The van der Waals surface area contributed by atoms with E-state index in [2.05, 4.69) is 10.3 Å². The van der Waals surface area contributed by atoms with Gasteiger partial charge in [-0.15, -0.1) is 0 Å². The zero-order valence-electron chi connectivity index (χ0n) is 9.02. The van der Waals surface area contributed by atoms with Crippen molar-refractivity contribution in [2.45, 2.75) is 44.3 Å². The van der Waals surface area contributed by atoms with Gasteiger partial charge in [0.1, 0.15) is 0 Å². The highest BCUT2D eigenvalue weighted by molar-refractivity contribution is 5.09. The smallest absolute Gasteiger partial charge is 0.0271 e. The van der Waals surface area contributed by atoms with Crippen LogP contribution in [-0.2, 0) is 6.54 Å². The molecule has 0 amide bonds. The van der Waals surface area contributed by atoms with Gasteiger partial charge in [0.05, 0.1) is 0 Å². The minimum atomic E-state index is 0.334. The molecule has 0 aromatic carbocycles. The van der Waals surface area contributed by atoms with Crippen LogP contribution < -0.4 is 11.1 Å². The topological polar surface area (TPSA) is 50.9 Å². The lowest BCUT2D eigenvalue weighted by atomic mass is 9.91. The van der Waals surface area contributed by atoms with E-state index in [0.29, 0.717) is 12.1 Å². The molecule has 1 aliphatic carbocycles. The second-order valence-corrected chi connectivity index (χ2v) is 4.29. The number of hydrogen-bond acceptors (Lipinski definition) is 3. The molecule has 2 rings (SSSR count). The van der Waals surface area contributed by atoms with Crippen molar-refractivity contribution in [2.75, 3.05) is 0 Å². The van der Waals surface area contributed by atoms with Gasteiger partial charge in [-0.2, -0.15) is 0 Å². The summed E-state index contributed by atoms with van der Waals surface area (Å²) >= 11 is 0. The van der Waals surface area contributed by atoms with E-state index in [4.69, 9.17) is 5.73 Å². The first-order chi connectivity index (χ1) is 7.36. The SMILES string of the molecule is N[C@@H]1CCCC[C@@H]1NCc1ccncc1. The molecule has 3 N–H and O–H groups in total. The van der Waals surface area contributed by atoms with Crippen LogP contribution in [0, 0.1) is 0 Å².